The molecule has 19 heavy (non-hydrogen) atoms. The Morgan fingerprint density at radius 2 is 2.00 bits per heavy atom. The molecule has 1 unspecified atom stereocenters. The van der Waals surface area contributed by atoms with Gasteiger partial charge in [-0.1, -0.05) is 6.07 Å². The van der Waals surface area contributed by atoms with Gasteiger partial charge < -0.3 is 14.6 Å². The molecular formula is C11H14F3NO3S. The minimum Gasteiger partial charge on any atom is -0.412 e. The summed E-state index contributed by atoms with van der Waals surface area (Å²) in [5, 5.41) is 0. The molecule has 0 bridgehead atoms. The summed E-state index contributed by atoms with van der Waals surface area (Å²) in [4.78, 5) is 2.12. The van der Waals surface area contributed by atoms with E-state index in [9.17, 15) is 17.4 Å². The Hall–Kier alpha value is -1.12. The molecule has 1 heterocycles. The third-order valence-corrected chi connectivity index (χ3v) is 3.46. The van der Waals surface area contributed by atoms with Gasteiger partial charge in [-0.3, -0.25) is 0 Å². The number of alkyl halides is 3. The second-order valence-corrected chi connectivity index (χ2v) is 5.28. The van der Waals surface area contributed by atoms with Gasteiger partial charge in [0.15, 0.2) is 0 Å². The SMILES string of the molecule is CN1CCc2cc(OS(=O)C(F)(F)F)ccc2C1.O. The summed E-state index contributed by atoms with van der Waals surface area (Å²) in [5.41, 5.74) is -2.84. The Morgan fingerprint density at radius 1 is 1.32 bits per heavy atom. The highest BCUT2D eigenvalue weighted by Gasteiger charge is 2.40. The molecule has 1 aliphatic heterocycles. The van der Waals surface area contributed by atoms with Crippen LogP contribution < -0.4 is 4.18 Å². The van der Waals surface area contributed by atoms with E-state index in [1.807, 2.05) is 7.05 Å². The van der Waals surface area contributed by atoms with Gasteiger partial charge in [0, 0.05) is 13.1 Å². The van der Waals surface area contributed by atoms with Crippen LogP contribution in [0.3, 0.4) is 0 Å². The molecular weight excluding hydrogens is 283 g/mol. The Balaban J connectivity index is 0.00000180. The molecule has 2 rings (SSSR count). The second-order valence-electron chi connectivity index (χ2n) is 4.18. The van der Waals surface area contributed by atoms with Crippen LogP contribution in [0, 0.1) is 0 Å². The van der Waals surface area contributed by atoms with E-state index in [1.165, 1.54) is 12.1 Å². The first kappa shape index (κ1) is 15.9. The first-order chi connectivity index (χ1) is 8.36. The predicted molar refractivity (Wildman–Crippen MR) is 64.9 cm³/mol. The summed E-state index contributed by atoms with van der Waals surface area (Å²) in [5.74, 6) is -0.00559. The van der Waals surface area contributed by atoms with Gasteiger partial charge in [0.1, 0.15) is 5.75 Å². The van der Waals surface area contributed by atoms with Crippen molar-refractivity contribution >= 4 is 11.1 Å². The largest absolute Gasteiger partial charge is 0.508 e. The molecule has 8 heteroatoms. The third kappa shape index (κ3) is 3.92. The lowest BCUT2D eigenvalue weighted by Gasteiger charge is -2.25. The normalized spacial score (nSPS) is 17.3. The van der Waals surface area contributed by atoms with Crippen LogP contribution in [-0.4, -0.2) is 33.7 Å². The topological polar surface area (TPSA) is 61.0 Å². The van der Waals surface area contributed by atoms with Crippen LogP contribution in [0.2, 0.25) is 0 Å². The lowest BCUT2D eigenvalue weighted by atomic mass is 10.00. The van der Waals surface area contributed by atoms with Crippen molar-refractivity contribution in [2.24, 2.45) is 0 Å². The smallest absolute Gasteiger partial charge is 0.412 e. The maximum atomic E-state index is 12.1. The van der Waals surface area contributed by atoms with E-state index < -0.39 is 16.6 Å². The Labute approximate surface area is 111 Å². The van der Waals surface area contributed by atoms with Crippen LogP contribution in [0.4, 0.5) is 13.2 Å². The number of hydrogen-bond donors (Lipinski definition) is 0. The first-order valence-corrected chi connectivity index (χ1v) is 6.41. The predicted octanol–water partition coefficient (Wildman–Crippen LogP) is 1.41. The van der Waals surface area contributed by atoms with Gasteiger partial charge in [-0.25, -0.2) is 4.21 Å². The zero-order valence-electron chi connectivity index (χ0n) is 10.2. The van der Waals surface area contributed by atoms with Crippen molar-refractivity contribution in [2.45, 2.75) is 18.5 Å². The van der Waals surface area contributed by atoms with Gasteiger partial charge in [-0.05, 0) is 36.7 Å². The van der Waals surface area contributed by atoms with Gasteiger partial charge in [0.25, 0.3) is 0 Å². The van der Waals surface area contributed by atoms with E-state index >= 15 is 0 Å². The van der Waals surface area contributed by atoms with Crippen molar-refractivity contribution in [3.8, 4) is 5.75 Å². The molecule has 108 valence electrons. The fourth-order valence-corrected chi connectivity index (χ4v) is 2.23. The number of benzene rings is 1. The summed E-state index contributed by atoms with van der Waals surface area (Å²) >= 11 is -3.31. The molecule has 4 nitrogen and oxygen atoms in total. The molecule has 0 aromatic heterocycles. The highest BCUT2D eigenvalue weighted by molar-refractivity contribution is 7.81. The standard InChI is InChI=1S/C11H12F3NO2S.H2O/c1-15-5-4-8-6-10(3-2-9(8)7-15)17-18(16)11(12,13)14;/h2-3,6H,4-5,7H2,1H3;1H2. The van der Waals surface area contributed by atoms with E-state index in [-0.39, 0.29) is 11.2 Å². The summed E-state index contributed by atoms with van der Waals surface area (Å²) in [6.07, 6.45) is 0.752. The van der Waals surface area contributed by atoms with Crippen molar-refractivity contribution in [3.63, 3.8) is 0 Å². The van der Waals surface area contributed by atoms with Crippen LogP contribution in [0.15, 0.2) is 18.2 Å². The monoisotopic (exact) mass is 297 g/mol. The fraction of sp³-hybridized carbons (Fsp3) is 0.455. The van der Waals surface area contributed by atoms with Gasteiger partial charge in [-0.2, -0.15) is 13.2 Å². The average molecular weight is 297 g/mol. The highest BCUT2D eigenvalue weighted by atomic mass is 32.2. The van der Waals surface area contributed by atoms with Crippen molar-refractivity contribution in [2.75, 3.05) is 13.6 Å². The summed E-state index contributed by atoms with van der Waals surface area (Å²) in [6.45, 7) is 1.61. The molecule has 0 amide bonds. The van der Waals surface area contributed by atoms with Gasteiger partial charge >= 0.3 is 16.6 Å². The first-order valence-electron chi connectivity index (χ1n) is 5.33. The number of fused-ring (bicyclic) bond motifs is 1. The number of nitrogens with zero attached hydrogens (tertiary/aromatic N) is 1. The van der Waals surface area contributed by atoms with E-state index in [4.69, 9.17) is 0 Å². The highest BCUT2D eigenvalue weighted by Crippen LogP contribution is 2.27. The molecule has 0 fully saturated rings. The summed E-state index contributed by atoms with van der Waals surface area (Å²) in [7, 11) is 1.98. The number of hydrogen-bond acceptors (Lipinski definition) is 3. The zero-order chi connectivity index (χ0) is 13.3. The molecule has 0 saturated carbocycles. The van der Waals surface area contributed by atoms with Gasteiger partial charge in [0.05, 0.1) is 0 Å². The number of halogens is 3. The van der Waals surface area contributed by atoms with E-state index in [0.29, 0.717) is 0 Å². The Morgan fingerprint density at radius 3 is 2.63 bits per heavy atom. The van der Waals surface area contributed by atoms with Crippen LogP contribution >= 0.6 is 0 Å². The molecule has 0 saturated heterocycles. The van der Waals surface area contributed by atoms with Gasteiger partial charge in [0.2, 0.25) is 0 Å². The molecule has 1 aromatic carbocycles. The zero-order valence-corrected chi connectivity index (χ0v) is 11.0. The maximum absolute atomic E-state index is 12.1. The van der Waals surface area contributed by atoms with Crippen LogP contribution in [0.1, 0.15) is 11.1 Å². The van der Waals surface area contributed by atoms with Crippen LogP contribution in [0.5, 0.6) is 5.75 Å². The molecule has 2 N–H and O–H groups in total. The summed E-state index contributed by atoms with van der Waals surface area (Å²) < 4.78 is 51.5. The maximum Gasteiger partial charge on any atom is 0.508 e. The fourth-order valence-electron chi connectivity index (χ4n) is 1.86. The lowest BCUT2D eigenvalue weighted by Crippen LogP contribution is -2.26. The minimum atomic E-state index is -4.85. The number of rotatable bonds is 2. The lowest BCUT2D eigenvalue weighted by molar-refractivity contribution is -0.0437. The van der Waals surface area contributed by atoms with E-state index in [0.717, 1.165) is 30.6 Å². The Kier molecular flexibility index (Phi) is 4.94. The average Bonchev–Trinajstić information content (AvgIpc) is 2.28. The minimum absolute atomic E-state index is 0. The van der Waals surface area contributed by atoms with Crippen molar-refractivity contribution in [3.05, 3.63) is 29.3 Å². The third-order valence-electron chi connectivity index (χ3n) is 2.74. The second kappa shape index (κ2) is 5.89. The van der Waals surface area contributed by atoms with E-state index in [2.05, 4.69) is 9.08 Å². The molecule has 0 radical (unpaired) electrons. The van der Waals surface area contributed by atoms with Crippen molar-refractivity contribution in [1.82, 2.24) is 4.90 Å². The summed E-state index contributed by atoms with van der Waals surface area (Å²) in [6, 6.07) is 4.67. The van der Waals surface area contributed by atoms with E-state index in [1.54, 1.807) is 6.07 Å². The van der Waals surface area contributed by atoms with Crippen LogP contribution in [0.25, 0.3) is 0 Å². The molecule has 1 atom stereocenters. The Bertz CT molecular complexity index is 479. The molecule has 1 aromatic rings. The van der Waals surface area contributed by atoms with Crippen LogP contribution in [-0.2, 0) is 24.0 Å². The van der Waals surface area contributed by atoms with Gasteiger partial charge in [-0.15, -0.1) is 0 Å². The molecule has 1 aliphatic rings. The number of likely N-dealkylation sites (N-methyl/N-ethyl adjacent to an activating group) is 1. The van der Waals surface area contributed by atoms with Crippen molar-refractivity contribution in [1.29, 1.82) is 0 Å². The van der Waals surface area contributed by atoms with Crippen molar-refractivity contribution < 1.29 is 27.0 Å². The molecule has 0 aliphatic carbocycles. The molecule has 0 spiro atoms. The quantitative estimate of drug-likeness (QED) is 0.829.